The van der Waals surface area contributed by atoms with Crippen molar-refractivity contribution in [2.75, 3.05) is 12.4 Å². The number of ether oxygens (including phenoxy) is 1. The second-order valence-electron chi connectivity index (χ2n) is 7.55. The number of carbonyl (C=O) groups is 1. The monoisotopic (exact) mass is 442 g/mol. The minimum absolute atomic E-state index is 0.177. The van der Waals surface area contributed by atoms with Crippen molar-refractivity contribution in [3.8, 4) is 23.7 Å². The zero-order valence-corrected chi connectivity index (χ0v) is 17.3. The van der Waals surface area contributed by atoms with Crippen molar-refractivity contribution in [3.05, 3.63) is 59.2 Å². The highest BCUT2D eigenvalue weighted by Gasteiger charge is 2.44. The van der Waals surface area contributed by atoms with E-state index in [-0.39, 0.29) is 5.69 Å². The molecule has 8 heteroatoms. The maximum absolute atomic E-state index is 13.3. The van der Waals surface area contributed by atoms with E-state index in [0.717, 1.165) is 18.9 Å². The van der Waals surface area contributed by atoms with Crippen LogP contribution >= 0.6 is 0 Å². The fourth-order valence-electron chi connectivity index (χ4n) is 3.71. The number of nitrogens with one attached hydrogen (secondary N) is 1. The molecule has 0 bridgehead atoms. The van der Waals surface area contributed by atoms with E-state index >= 15 is 0 Å². The van der Waals surface area contributed by atoms with Gasteiger partial charge in [-0.3, -0.25) is 4.79 Å². The lowest BCUT2D eigenvalue weighted by Crippen LogP contribution is -2.47. The number of nitriles is 1. The first-order valence-electron chi connectivity index (χ1n) is 10.00. The summed E-state index contributed by atoms with van der Waals surface area (Å²) < 4.78 is 44.8. The van der Waals surface area contributed by atoms with Crippen molar-refractivity contribution in [1.29, 1.82) is 5.26 Å². The van der Waals surface area contributed by atoms with Crippen LogP contribution in [0.3, 0.4) is 0 Å². The van der Waals surface area contributed by atoms with Gasteiger partial charge < -0.3 is 15.2 Å². The maximum atomic E-state index is 13.3. The molecule has 1 saturated carbocycles. The number of hydrogen-bond acceptors (Lipinski definition) is 4. The first kappa shape index (κ1) is 23.2. The second-order valence-corrected chi connectivity index (χ2v) is 7.55. The standard InChI is InChI=1S/C24H21F3N2O3/c1-32-20-10-6-16(7-11-20)12-13-23(31,18-4-2-3-5-18)22(30)29-19-9-8-17(15-28)21(14-19)24(25,26)27/h6-11,14,18,31H,2-5H2,1H3,(H,29,30). The number of anilines is 1. The molecule has 0 heterocycles. The Balaban J connectivity index is 1.92. The van der Waals surface area contributed by atoms with Gasteiger partial charge >= 0.3 is 6.18 Å². The van der Waals surface area contributed by atoms with Crippen molar-refractivity contribution in [3.63, 3.8) is 0 Å². The van der Waals surface area contributed by atoms with Crippen LogP contribution in [0.5, 0.6) is 5.75 Å². The molecule has 32 heavy (non-hydrogen) atoms. The number of methoxy groups -OCH3 is 1. The van der Waals surface area contributed by atoms with E-state index in [2.05, 4.69) is 17.2 Å². The van der Waals surface area contributed by atoms with Gasteiger partial charge in [0, 0.05) is 17.2 Å². The predicted octanol–water partition coefficient (Wildman–Crippen LogP) is 4.50. The summed E-state index contributed by atoms with van der Waals surface area (Å²) in [5.41, 5.74) is -3.42. The zero-order valence-electron chi connectivity index (χ0n) is 17.3. The topological polar surface area (TPSA) is 82.3 Å². The number of carbonyl (C=O) groups excluding carboxylic acids is 1. The van der Waals surface area contributed by atoms with Gasteiger partial charge in [0.15, 0.2) is 0 Å². The molecule has 0 radical (unpaired) electrons. The third-order valence-electron chi connectivity index (χ3n) is 5.48. The Morgan fingerprint density at radius 2 is 1.81 bits per heavy atom. The Kier molecular flexibility index (Phi) is 6.76. The van der Waals surface area contributed by atoms with Gasteiger partial charge in [0.2, 0.25) is 5.60 Å². The molecule has 1 aliphatic rings. The van der Waals surface area contributed by atoms with Crippen molar-refractivity contribution in [2.45, 2.75) is 37.5 Å². The van der Waals surface area contributed by atoms with Crippen LogP contribution in [0.15, 0.2) is 42.5 Å². The molecular weight excluding hydrogens is 421 g/mol. The van der Waals surface area contributed by atoms with Crippen LogP contribution in [0.2, 0.25) is 0 Å². The molecule has 1 atom stereocenters. The zero-order chi connectivity index (χ0) is 23.4. The molecule has 2 aromatic carbocycles. The number of hydrogen-bond donors (Lipinski definition) is 2. The van der Waals surface area contributed by atoms with Crippen LogP contribution in [-0.2, 0) is 11.0 Å². The number of amides is 1. The minimum Gasteiger partial charge on any atom is -0.497 e. The van der Waals surface area contributed by atoms with Crippen LogP contribution in [0.1, 0.15) is 42.4 Å². The number of rotatable bonds is 4. The molecule has 0 saturated heterocycles. The minimum atomic E-state index is -4.76. The fraction of sp³-hybridized carbons (Fsp3) is 0.333. The highest BCUT2D eigenvalue weighted by Crippen LogP contribution is 2.36. The third kappa shape index (κ3) is 5.04. The highest BCUT2D eigenvalue weighted by atomic mass is 19.4. The van der Waals surface area contributed by atoms with Crippen molar-refractivity contribution >= 4 is 11.6 Å². The Morgan fingerprint density at radius 3 is 2.38 bits per heavy atom. The van der Waals surface area contributed by atoms with Crippen LogP contribution < -0.4 is 10.1 Å². The van der Waals surface area contributed by atoms with Crippen molar-refractivity contribution in [1.82, 2.24) is 0 Å². The van der Waals surface area contributed by atoms with Crippen molar-refractivity contribution < 1.29 is 27.8 Å². The lowest BCUT2D eigenvalue weighted by molar-refractivity contribution is -0.138. The smallest absolute Gasteiger partial charge is 0.417 e. The molecule has 1 fully saturated rings. The van der Waals surface area contributed by atoms with Gasteiger partial charge in [0.25, 0.3) is 5.91 Å². The summed E-state index contributed by atoms with van der Waals surface area (Å²) in [6, 6.07) is 11.1. The molecule has 0 spiro atoms. The molecular formula is C24H21F3N2O3. The van der Waals surface area contributed by atoms with Gasteiger partial charge in [-0.05, 0) is 55.3 Å². The molecule has 2 aromatic rings. The second kappa shape index (κ2) is 9.33. The Morgan fingerprint density at radius 1 is 1.16 bits per heavy atom. The summed E-state index contributed by atoms with van der Waals surface area (Å²) in [4.78, 5) is 13.0. The van der Waals surface area contributed by atoms with E-state index in [4.69, 9.17) is 10.00 Å². The molecule has 2 N–H and O–H groups in total. The number of aliphatic hydroxyl groups is 1. The lowest BCUT2D eigenvalue weighted by Gasteiger charge is -2.27. The maximum Gasteiger partial charge on any atom is 0.417 e. The molecule has 3 rings (SSSR count). The highest BCUT2D eigenvalue weighted by molar-refractivity contribution is 6.00. The molecule has 0 aliphatic heterocycles. The van der Waals surface area contributed by atoms with E-state index in [9.17, 15) is 23.1 Å². The van der Waals surface area contributed by atoms with E-state index in [1.165, 1.54) is 19.2 Å². The van der Waals surface area contributed by atoms with Gasteiger partial charge in [-0.15, -0.1) is 0 Å². The van der Waals surface area contributed by atoms with Crippen LogP contribution in [0, 0.1) is 29.1 Å². The predicted molar refractivity (Wildman–Crippen MR) is 112 cm³/mol. The summed E-state index contributed by atoms with van der Waals surface area (Å²) in [5.74, 6) is 4.73. The quantitative estimate of drug-likeness (QED) is 0.684. The third-order valence-corrected chi connectivity index (χ3v) is 5.48. The van der Waals surface area contributed by atoms with Crippen molar-refractivity contribution in [2.24, 2.45) is 5.92 Å². The first-order valence-corrected chi connectivity index (χ1v) is 10.00. The van der Waals surface area contributed by atoms with Gasteiger partial charge in [0.1, 0.15) is 5.75 Å². The molecule has 1 unspecified atom stereocenters. The first-order chi connectivity index (χ1) is 15.2. The van der Waals surface area contributed by atoms with E-state index in [1.807, 2.05) is 0 Å². The molecule has 5 nitrogen and oxygen atoms in total. The van der Waals surface area contributed by atoms with E-state index < -0.39 is 34.7 Å². The summed E-state index contributed by atoms with van der Waals surface area (Å²) in [7, 11) is 1.53. The number of nitrogens with zero attached hydrogens (tertiary/aromatic N) is 1. The largest absolute Gasteiger partial charge is 0.497 e. The Bertz CT molecular complexity index is 1090. The van der Waals surface area contributed by atoms with Crippen LogP contribution in [-0.4, -0.2) is 23.7 Å². The average molecular weight is 442 g/mol. The number of alkyl halides is 3. The normalized spacial score (nSPS) is 15.8. The summed E-state index contributed by atoms with van der Waals surface area (Å²) in [6.45, 7) is 0. The van der Waals surface area contributed by atoms with Crippen LogP contribution in [0.4, 0.5) is 18.9 Å². The summed E-state index contributed by atoms with van der Waals surface area (Å²) in [6.07, 6.45) is -1.98. The van der Waals surface area contributed by atoms with Gasteiger partial charge in [0.05, 0.1) is 24.3 Å². The van der Waals surface area contributed by atoms with Crippen LogP contribution in [0.25, 0.3) is 0 Å². The SMILES string of the molecule is COc1ccc(C#CC(O)(C(=O)Nc2ccc(C#N)c(C(F)(F)F)c2)C2CCCC2)cc1. The summed E-state index contributed by atoms with van der Waals surface area (Å²) in [5, 5.41) is 22.5. The Labute approximate surface area is 183 Å². The van der Waals surface area contributed by atoms with Gasteiger partial charge in [-0.25, -0.2) is 0 Å². The summed E-state index contributed by atoms with van der Waals surface area (Å²) >= 11 is 0. The Hall–Kier alpha value is -3.49. The van der Waals surface area contributed by atoms with Gasteiger partial charge in [-0.2, -0.15) is 18.4 Å². The molecule has 166 valence electrons. The number of benzene rings is 2. The van der Waals surface area contributed by atoms with E-state index in [1.54, 1.807) is 24.3 Å². The van der Waals surface area contributed by atoms with E-state index in [0.29, 0.717) is 30.2 Å². The fourth-order valence-corrected chi connectivity index (χ4v) is 3.71. The molecule has 1 aliphatic carbocycles. The average Bonchev–Trinajstić information content (AvgIpc) is 3.32. The molecule has 0 aromatic heterocycles. The molecule has 1 amide bonds. The lowest BCUT2D eigenvalue weighted by atomic mass is 9.85. The van der Waals surface area contributed by atoms with Gasteiger partial charge in [-0.1, -0.05) is 24.7 Å². The number of halogens is 3.